The van der Waals surface area contributed by atoms with E-state index in [1.54, 1.807) is 0 Å². The van der Waals surface area contributed by atoms with E-state index in [2.05, 4.69) is 38.3 Å². The number of anilines is 1. The van der Waals surface area contributed by atoms with E-state index in [4.69, 9.17) is 4.74 Å². The lowest BCUT2D eigenvalue weighted by Gasteiger charge is -2.32. The highest BCUT2D eigenvalue weighted by Gasteiger charge is 2.32. The predicted octanol–water partition coefficient (Wildman–Crippen LogP) is 4.21. The summed E-state index contributed by atoms with van der Waals surface area (Å²) in [6, 6.07) is 10.4. The first kappa shape index (κ1) is 32.1. The number of halogens is 2. The number of urea groups is 1. The highest BCUT2D eigenvalue weighted by atomic mass is 19.2. The number of nitrogens with one attached hydrogen (secondary N) is 4. The van der Waals surface area contributed by atoms with Crippen LogP contribution in [0.15, 0.2) is 53.7 Å². The number of amides is 4. The molecule has 2 aliphatic rings. The maximum absolute atomic E-state index is 13.8. The number of carbonyl (C=O) groups is 3. The van der Waals surface area contributed by atoms with Gasteiger partial charge in [-0.15, -0.1) is 0 Å². The molecule has 0 aliphatic carbocycles. The van der Waals surface area contributed by atoms with Crippen LogP contribution in [0.4, 0.5) is 19.3 Å². The minimum absolute atomic E-state index is 0.0212. The summed E-state index contributed by atoms with van der Waals surface area (Å²) in [6.07, 6.45) is 4.22. The summed E-state index contributed by atoms with van der Waals surface area (Å²) in [5.74, 6) is -1.82. The molecule has 0 saturated carbocycles. The fraction of sp³-hybridized carbons (Fsp3) is 0.469. The van der Waals surface area contributed by atoms with Crippen molar-refractivity contribution >= 4 is 23.5 Å². The first-order valence-electron chi connectivity index (χ1n) is 14.9. The van der Waals surface area contributed by atoms with Crippen LogP contribution in [0.3, 0.4) is 0 Å². The molecule has 1 fully saturated rings. The lowest BCUT2D eigenvalue weighted by molar-refractivity contribution is -0.118. The van der Waals surface area contributed by atoms with Gasteiger partial charge in [0, 0.05) is 25.8 Å². The van der Waals surface area contributed by atoms with Gasteiger partial charge in [0.2, 0.25) is 5.91 Å². The van der Waals surface area contributed by atoms with Crippen LogP contribution in [-0.4, -0.2) is 68.7 Å². The molecule has 2 heterocycles. The molecule has 232 valence electrons. The average molecular weight is 598 g/mol. The van der Waals surface area contributed by atoms with Gasteiger partial charge in [0.15, 0.2) is 11.6 Å². The van der Waals surface area contributed by atoms with Crippen molar-refractivity contribution in [3.8, 4) is 0 Å². The van der Waals surface area contributed by atoms with Crippen LogP contribution in [0.5, 0.6) is 0 Å². The smallest absolute Gasteiger partial charge is 0.319 e. The number of methoxy groups -OCH3 is 1. The molecule has 0 aromatic heterocycles. The topological polar surface area (TPSA) is 112 Å². The Balaban J connectivity index is 1.27. The van der Waals surface area contributed by atoms with E-state index < -0.39 is 23.7 Å². The summed E-state index contributed by atoms with van der Waals surface area (Å²) >= 11 is 0. The number of benzene rings is 2. The highest BCUT2D eigenvalue weighted by Crippen LogP contribution is 2.29. The Hall–Kier alpha value is -3.83. The van der Waals surface area contributed by atoms with Gasteiger partial charge in [0.1, 0.15) is 0 Å². The van der Waals surface area contributed by atoms with Crippen LogP contribution in [-0.2, 0) is 20.7 Å². The monoisotopic (exact) mass is 597 g/mol. The molecular formula is C32H41F2N5O4. The minimum atomic E-state index is -0.988. The molecule has 2 aliphatic heterocycles. The third-order valence-corrected chi connectivity index (χ3v) is 7.84. The highest BCUT2D eigenvalue weighted by molar-refractivity contribution is 5.98. The lowest BCUT2D eigenvalue weighted by Crippen LogP contribution is -2.53. The second-order valence-electron chi connectivity index (χ2n) is 11.1. The van der Waals surface area contributed by atoms with Crippen molar-refractivity contribution in [2.75, 3.05) is 45.2 Å². The van der Waals surface area contributed by atoms with Crippen molar-refractivity contribution in [1.82, 2.24) is 20.9 Å². The molecule has 0 spiro atoms. The third kappa shape index (κ3) is 9.08. The van der Waals surface area contributed by atoms with Gasteiger partial charge in [-0.3, -0.25) is 9.59 Å². The summed E-state index contributed by atoms with van der Waals surface area (Å²) in [4.78, 5) is 39.9. The van der Waals surface area contributed by atoms with Crippen molar-refractivity contribution in [2.24, 2.45) is 0 Å². The van der Waals surface area contributed by atoms with Crippen LogP contribution < -0.4 is 21.3 Å². The molecule has 4 amide bonds. The van der Waals surface area contributed by atoms with Crippen LogP contribution in [0, 0.1) is 11.6 Å². The van der Waals surface area contributed by atoms with Crippen molar-refractivity contribution < 1.29 is 27.9 Å². The molecule has 0 bridgehead atoms. The number of nitrogens with zero attached hydrogens (tertiary/aromatic N) is 1. The Morgan fingerprint density at radius 3 is 2.60 bits per heavy atom. The van der Waals surface area contributed by atoms with Gasteiger partial charge >= 0.3 is 6.03 Å². The molecule has 4 N–H and O–H groups in total. The summed E-state index contributed by atoms with van der Waals surface area (Å²) in [7, 11) is 1.46. The molecule has 43 heavy (non-hydrogen) atoms. The molecule has 2 aromatic carbocycles. The standard InChI is InChI=1S/C32H41F2N5O4/c1-3-6-29(40)36-24-8-4-7-23(19-24)22-11-15-39(16-12-22)14-5-13-35-31(41)30-27(37-32(42)38-28(30)20-43-2)18-21-9-10-25(33)26(34)17-21/h4,7-10,17,19,22,27H,3,5-6,11-16,18,20H2,1-2H3,(H,35,41)(H,36,40)(H2,37,38,42). The lowest BCUT2D eigenvalue weighted by atomic mass is 9.89. The molecule has 4 rings (SSSR count). The number of carbonyl (C=O) groups excluding carboxylic acids is 3. The van der Waals surface area contributed by atoms with E-state index in [1.165, 1.54) is 18.7 Å². The van der Waals surface area contributed by atoms with Gasteiger partial charge in [0.05, 0.1) is 23.9 Å². The molecule has 2 aromatic rings. The third-order valence-electron chi connectivity index (χ3n) is 7.84. The maximum Gasteiger partial charge on any atom is 0.319 e. The predicted molar refractivity (Wildman–Crippen MR) is 160 cm³/mol. The SMILES string of the molecule is CCCC(=O)Nc1cccc(C2CCN(CCCNC(=O)C3=C(COC)NC(=O)NC3Cc3ccc(F)c(F)c3)CC2)c1. The fourth-order valence-electron chi connectivity index (χ4n) is 5.70. The molecular weight excluding hydrogens is 556 g/mol. The van der Waals surface area contributed by atoms with Crippen molar-refractivity contribution in [3.63, 3.8) is 0 Å². The van der Waals surface area contributed by atoms with Gasteiger partial charge in [-0.05, 0) is 93.0 Å². The van der Waals surface area contributed by atoms with Gasteiger partial charge in [0.25, 0.3) is 5.91 Å². The Morgan fingerprint density at radius 1 is 1.09 bits per heavy atom. The Labute approximate surface area is 251 Å². The normalized spacial score (nSPS) is 17.8. The van der Waals surface area contributed by atoms with E-state index in [0.29, 0.717) is 35.7 Å². The van der Waals surface area contributed by atoms with E-state index in [-0.39, 0.29) is 24.8 Å². The second-order valence-corrected chi connectivity index (χ2v) is 11.1. The van der Waals surface area contributed by atoms with Gasteiger partial charge in [-0.25, -0.2) is 13.6 Å². The van der Waals surface area contributed by atoms with Gasteiger partial charge in [-0.1, -0.05) is 25.1 Å². The fourth-order valence-corrected chi connectivity index (χ4v) is 5.70. The van der Waals surface area contributed by atoms with Gasteiger partial charge < -0.3 is 30.9 Å². The van der Waals surface area contributed by atoms with E-state index in [1.807, 2.05) is 19.1 Å². The Morgan fingerprint density at radius 2 is 1.88 bits per heavy atom. The van der Waals surface area contributed by atoms with Crippen LogP contribution in [0.25, 0.3) is 0 Å². The summed E-state index contributed by atoms with van der Waals surface area (Å²) in [6.45, 7) is 5.17. The van der Waals surface area contributed by atoms with Gasteiger partial charge in [-0.2, -0.15) is 0 Å². The van der Waals surface area contributed by atoms with Crippen LogP contribution in [0.2, 0.25) is 0 Å². The number of hydrogen-bond donors (Lipinski definition) is 4. The molecule has 1 atom stereocenters. The van der Waals surface area contributed by atoms with E-state index in [9.17, 15) is 23.2 Å². The summed E-state index contributed by atoms with van der Waals surface area (Å²) in [5.41, 5.74) is 3.18. The van der Waals surface area contributed by atoms with E-state index in [0.717, 1.165) is 63.1 Å². The van der Waals surface area contributed by atoms with Crippen molar-refractivity contribution in [1.29, 1.82) is 0 Å². The number of ether oxygens (including phenoxy) is 1. The summed E-state index contributed by atoms with van der Waals surface area (Å²) in [5, 5.41) is 11.3. The quantitative estimate of drug-likeness (QED) is 0.259. The molecule has 9 nitrogen and oxygen atoms in total. The minimum Gasteiger partial charge on any atom is -0.378 e. The zero-order valence-electron chi connectivity index (χ0n) is 24.8. The Kier molecular flexibility index (Phi) is 11.6. The van der Waals surface area contributed by atoms with Crippen molar-refractivity contribution in [2.45, 2.75) is 57.4 Å². The molecule has 1 unspecified atom stereocenters. The van der Waals surface area contributed by atoms with Crippen LogP contribution in [0.1, 0.15) is 56.1 Å². The largest absolute Gasteiger partial charge is 0.378 e. The Bertz CT molecular complexity index is 1330. The number of hydrogen-bond acceptors (Lipinski definition) is 5. The van der Waals surface area contributed by atoms with E-state index >= 15 is 0 Å². The first-order chi connectivity index (χ1) is 20.8. The zero-order chi connectivity index (χ0) is 30.8. The van der Waals surface area contributed by atoms with Crippen molar-refractivity contribution in [3.05, 3.63) is 76.5 Å². The number of likely N-dealkylation sites (tertiary alicyclic amines) is 1. The molecule has 0 radical (unpaired) electrons. The summed E-state index contributed by atoms with van der Waals surface area (Å²) < 4.78 is 32.4. The second kappa shape index (κ2) is 15.6. The average Bonchev–Trinajstić information content (AvgIpc) is 2.98. The number of piperidine rings is 1. The molecule has 11 heteroatoms. The van der Waals surface area contributed by atoms with Crippen LogP contribution >= 0.6 is 0 Å². The number of rotatable bonds is 13. The maximum atomic E-state index is 13.8. The zero-order valence-corrected chi connectivity index (χ0v) is 24.8. The first-order valence-corrected chi connectivity index (χ1v) is 14.9. The molecule has 1 saturated heterocycles.